The second-order valence-electron chi connectivity index (χ2n) is 3.55. The molecule has 0 spiro atoms. The third-order valence-corrected chi connectivity index (χ3v) is 2.40. The molecule has 0 aliphatic heterocycles. The van der Waals surface area contributed by atoms with Gasteiger partial charge in [-0.15, -0.1) is 28.1 Å². The quantitative estimate of drug-likeness (QED) is 0.299. The highest BCUT2D eigenvalue weighted by molar-refractivity contribution is 6.18. The van der Waals surface area contributed by atoms with Crippen LogP contribution < -0.4 is 16.4 Å². The van der Waals surface area contributed by atoms with Crippen molar-refractivity contribution in [3.05, 3.63) is 4.91 Å². The van der Waals surface area contributed by atoms with E-state index in [4.69, 9.17) is 28.9 Å². The molecule has 0 aliphatic carbocycles. The van der Waals surface area contributed by atoms with Crippen LogP contribution in [0.2, 0.25) is 0 Å². The summed E-state index contributed by atoms with van der Waals surface area (Å²) in [6.07, 6.45) is -0.423. The van der Waals surface area contributed by atoms with Crippen LogP contribution in [0.25, 0.3) is 0 Å². The average Bonchev–Trinajstić information content (AvgIpc) is 2.40. The molecule has 0 aliphatic rings. The van der Waals surface area contributed by atoms with Gasteiger partial charge in [0.15, 0.2) is 0 Å². The predicted molar refractivity (Wildman–Crippen MR) is 73.1 cm³/mol. The Balaban J connectivity index is 4.70. The van der Waals surface area contributed by atoms with Crippen molar-refractivity contribution in [1.29, 1.82) is 0 Å². The number of nitrogens with one attached hydrogen (secondary N) is 2. The van der Waals surface area contributed by atoms with Crippen molar-refractivity contribution in [2.45, 2.75) is 12.5 Å². The SMILES string of the molecule is NC(=O)C[C@H](NC(=O)N(CCCl)N=O)C(=O)NCCCl. The number of primary amides is 1. The van der Waals surface area contributed by atoms with E-state index in [1.165, 1.54) is 0 Å². The summed E-state index contributed by atoms with van der Waals surface area (Å²) < 4.78 is 0. The van der Waals surface area contributed by atoms with Crippen molar-refractivity contribution < 1.29 is 14.4 Å². The molecule has 4 N–H and O–H groups in total. The number of amides is 4. The summed E-state index contributed by atoms with van der Waals surface area (Å²) in [5, 5.41) is 7.50. The van der Waals surface area contributed by atoms with Gasteiger partial charge in [0.2, 0.25) is 11.8 Å². The summed E-state index contributed by atoms with van der Waals surface area (Å²) in [6.45, 7) is 0.0202. The normalized spacial score (nSPS) is 11.3. The molecule has 0 aromatic heterocycles. The summed E-state index contributed by atoms with van der Waals surface area (Å²) in [5.74, 6) is -1.29. The third kappa shape index (κ3) is 7.10. The van der Waals surface area contributed by atoms with Crippen LogP contribution in [0.15, 0.2) is 5.29 Å². The number of nitrogens with two attached hydrogens (primary N) is 1. The molecule has 114 valence electrons. The number of hydrogen-bond acceptors (Lipinski definition) is 5. The number of hydrogen-bond donors (Lipinski definition) is 3. The van der Waals surface area contributed by atoms with Gasteiger partial charge in [0.1, 0.15) is 6.04 Å². The first-order valence-corrected chi connectivity index (χ1v) is 6.62. The van der Waals surface area contributed by atoms with Crippen molar-refractivity contribution in [3.8, 4) is 0 Å². The van der Waals surface area contributed by atoms with E-state index in [-0.39, 0.29) is 24.8 Å². The van der Waals surface area contributed by atoms with E-state index in [2.05, 4.69) is 15.9 Å². The number of carbonyl (C=O) groups excluding carboxylic acids is 3. The minimum Gasteiger partial charge on any atom is -0.370 e. The number of nitroso groups, excluding NO2 is 1. The fourth-order valence-electron chi connectivity index (χ4n) is 1.19. The summed E-state index contributed by atoms with van der Waals surface area (Å²) in [7, 11) is 0. The summed E-state index contributed by atoms with van der Waals surface area (Å²) in [5.41, 5.74) is 4.99. The smallest absolute Gasteiger partial charge is 0.341 e. The predicted octanol–water partition coefficient (Wildman–Crippen LogP) is -0.483. The van der Waals surface area contributed by atoms with Gasteiger partial charge < -0.3 is 16.4 Å². The zero-order valence-electron chi connectivity index (χ0n) is 10.5. The molecule has 4 amide bonds. The first-order chi connectivity index (χ1) is 9.46. The standard InChI is InChI=1S/C9H15Cl2N5O4/c10-1-3-13-8(18)6(5-7(12)17)14-9(19)16(15-20)4-2-11/h6H,1-5H2,(H2,12,17)(H,13,18)(H,14,19)/t6-/m0/s1. The molecule has 0 heterocycles. The highest BCUT2D eigenvalue weighted by Gasteiger charge is 2.25. The third-order valence-electron chi connectivity index (χ3n) is 2.04. The Morgan fingerprint density at radius 1 is 1.25 bits per heavy atom. The van der Waals surface area contributed by atoms with E-state index in [9.17, 15) is 19.3 Å². The highest BCUT2D eigenvalue weighted by atomic mass is 35.5. The number of rotatable bonds is 9. The molecular weight excluding hydrogens is 313 g/mol. The van der Waals surface area contributed by atoms with Crippen LogP contribution in [0.4, 0.5) is 4.79 Å². The van der Waals surface area contributed by atoms with Crippen molar-refractivity contribution in [1.82, 2.24) is 15.6 Å². The summed E-state index contributed by atoms with van der Waals surface area (Å²) in [6, 6.07) is -2.17. The van der Waals surface area contributed by atoms with Crippen LogP contribution in [0.5, 0.6) is 0 Å². The molecule has 20 heavy (non-hydrogen) atoms. The van der Waals surface area contributed by atoms with E-state index >= 15 is 0 Å². The Bertz CT molecular complexity index is 368. The first kappa shape index (κ1) is 18.4. The molecule has 0 aromatic carbocycles. The molecular formula is C9H15Cl2N5O4. The molecule has 11 heteroatoms. The van der Waals surface area contributed by atoms with Gasteiger partial charge in [0.25, 0.3) is 0 Å². The topological polar surface area (TPSA) is 134 Å². The number of carbonyl (C=O) groups is 3. The Morgan fingerprint density at radius 2 is 1.90 bits per heavy atom. The zero-order valence-corrected chi connectivity index (χ0v) is 12.0. The zero-order chi connectivity index (χ0) is 15.5. The van der Waals surface area contributed by atoms with E-state index in [1.807, 2.05) is 0 Å². The number of alkyl halides is 2. The van der Waals surface area contributed by atoms with Crippen LogP contribution in [-0.4, -0.2) is 53.7 Å². The van der Waals surface area contributed by atoms with E-state index in [0.717, 1.165) is 0 Å². The van der Waals surface area contributed by atoms with Crippen molar-refractivity contribution in [2.75, 3.05) is 24.8 Å². The van der Waals surface area contributed by atoms with Crippen molar-refractivity contribution in [2.24, 2.45) is 11.0 Å². The molecule has 0 bridgehead atoms. The lowest BCUT2D eigenvalue weighted by atomic mass is 10.2. The highest BCUT2D eigenvalue weighted by Crippen LogP contribution is 1.98. The van der Waals surface area contributed by atoms with E-state index in [1.54, 1.807) is 0 Å². The lowest BCUT2D eigenvalue weighted by Gasteiger charge is -2.19. The van der Waals surface area contributed by atoms with Crippen LogP contribution in [-0.2, 0) is 9.59 Å². The maximum absolute atomic E-state index is 11.7. The van der Waals surface area contributed by atoms with Gasteiger partial charge in [-0.3, -0.25) is 9.59 Å². The largest absolute Gasteiger partial charge is 0.370 e. The summed E-state index contributed by atoms with van der Waals surface area (Å²) >= 11 is 10.8. The van der Waals surface area contributed by atoms with Gasteiger partial charge in [0.05, 0.1) is 18.3 Å². The number of nitrogens with zero attached hydrogens (tertiary/aromatic N) is 2. The molecule has 9 nitrogen and oxygen atoms in total. The van der Waals surface area contributed by atoms with Crippen molar-refractivity contribution in [3.63, 3.8) is 0 Å². The van der Waals surface area contributed by atoms with Gasteiger partial charge >= 0.3 is 6.03 Å². The van der Waals surface area contributed by atoms with Crippen molar-refractivity contribution >= 4 is 41.0 Å². The molecule has 0 saturated carbocycles. The van der Waals surface area contributed by atoms with Gasteiger partial charge in [-0.05, 0) is 0 Å². The Hall–Kier alpha value is -1.61. The van der Waals surface area contributed by atoms with Gasteiger partial charge in [-0.25, -0.2) is 4.79 Å². The molecule has 0 unspecified atom stereocenters. The summed E-state index contributed by atoms with van der Waals surface area (Å²) in [4.78, 5) is 44.6. The maximum atomic E-state index is 11.7. The second-order valence-corrected chi connectivity index (χ2v) is 4.30. The van der Waals surface area contributed by atoms with E-state index < -0.39 is 30.3 Å². The molecule has 0 fully saturated rings. The number of urea groups is 1. The van der Waals surface area contributed by atoms with E-state index in [0.29, 0.717) is 5.01 Å². The Morgan fingerprint density at radius 3 is 2.35 bits per heavy atom. The van der Waals surface area contributed by atoms with Gasteiger partial charge in [0, 0.05) is 18.3 Å². The van der Waals surface area contributed by atoms with Crippen LogP contribution in [0.1, 0.15) is 6.42 Å². The minimum absolute atomic E-state index is 0.0158. The molecule has 1 atom stereocenters. The number of halogens is 2. The fraction of sp³-hybridized carbons (Fsp3) is 0.667. The maximum Gasteiger partial charge on any atom is 0.341 e. The molecule has 0 saturated heterocycles. The first-order valence-electron chi connectivity index (χ1n) is 5.55. The Kier molecular flexibility index (Phi) is 9.39. The molecule has 0 aromatic rings. The van der Waals surface area contributed by atoms with Gasteiger partial charge in [-0.2, -0.15) is 5.01 Å². The van der Waals surface area contributed by atoms with Gasteiger partial charge in [-0.1, -0.05) is 0 Å². The fourth-order valence-corrected chi connectivity index (χ4v) is 1.44. The average molecular weight is 328 g/mol. The Labute approximate surface area is 125 Å². The lowest BCUT2D eigenvalue weighted by molar-refractivity contribution is -0.126. The molecule has 0 rings (SSSR count). The second kappa shape index (κ2) is 10.2. The van der Waals surface area contributed by atoms with Crippen LogP contribution >= 0.6 is 23.2 Å². The molecule has 0 radical (unpaired) electrons. The van der Waals surface area contributed by atoms with Crippen LogP contribution in [0, 0.1) is 4.91 Å². The van der Waals surface area contributed by atoms with Crippen LogP contribution in [0.3, 0.4) is 0 Å². The lowest BCUT2D eigenvalue weighted by Crippen LogP contribution is -2.52. The minimum atomic E-state index is -1.22. The monoisotopic (exact) mass is 327 g/mol.